The summed E-state index contributed by atoms with van der Waals surface area (Å²) in [7, 11) is 1.82. The van der Waals surface area contributed by atoms with Crippen LogP contribution in [0.25, 0.3) is 0 Å². The quantitative estimate of drug-likeness (QED) is 0.854. The van der Waals surface area contributed by atoms with Crippen LogP contribution < -0.4 is 5.32 Å². The van der Waals surface area contributed by atoms with E-state index in [1.165, 1.54) is 19.3 Å². The summed E-state index contributed by atoms with van der Waals surface area (Å²) in [5.41, 5.74) is 0.424. The highest BCUT2D eigenvalue weighted by atomic mass is 15.6. The van der Waals surface area contributed by atoms with Crippen molar-refractivity contribution in [1.29, 1.82) is 0 Å². The van der Waals surface area contributed by atoms with Gasteiger partial charge in [0, 0.05) is 12.5 Å². The second kappa shape index (κ2) is 5.99. The van der Waals surface area contributed by atoms with Gasteiger partial charge in [0.25, 0.3) is 0 Å². The summed E-state index contributed by atoms with van der Waals surface area (Å²) in [5.74, 6) is 1.57. The average molecular weight is 265 g/mol. The lowest BCUT2D eigenvalue weighted by Crippen LogP contribution is -2.43. The highest BCUT2D eigenvalue weighted by Crippen LogP contribution is 2.44. The summed E-state index contributed by atoms with van der Waals surface area (Å²) in [6, 6.07) is 0.474. The van der Waals surface area contributed by atoms with Crippen LogP contribution in [0, 0.1) is 11.3 Å². The number of nitrogens with one attached hydrogen (secondary N) is 1. The van der Waals surface area contributed by atoms with Gasteiger partial charge < -0.3 is 5.32 Å². The van der Waals surface area contributed by atoms with Crippen LogP contribution in [0.15, 0.2) is 0 Å². The number of hydrogen-bond acceptors (Lipinski definition) is 4. The molecule has 1 aromatic rings. The second-order valence-corrected chi connectivity index (χ2v) is 6.45. The molecule has 0 bridgehead atoms. The summed E-state index contributed by atoms with van der Waals surface area (Å²) in [6.07, 6.45) is 6.04. The van der Waals surface area contributed by atoms with Gasteiger partial charge in [-0.05, 0) is 42.4 Å². The molecule has 5 nitrogen and oxygen atoms in total. The van der Waals surface area contributed by atoms with Crippen molar-refractivity contribution in [2.75, 3.05) is 6.54 Å². The maximum Gasteiger partial charge on any atom is 0.176 e. The molecular weight excluding hydrogens is 238 g/mol. The van der Waals surface area contributed by atoms with Gasteiger partial charge in [0.1, 0.15) is 0 Å². The van der Waals surface area contributed by atoms with Crippen molar-refractivity contribution in [3.8, 4) is 0 Å². The first-order valence-corrected chi connectivity index (χ1v) is 7.49. The van der Waals surface area contributed by atoms with Crippen LogP contribution in [0.4, 0.5) is 0 Å². The molecule has 0 spiro atoms. The molecule has 1 N–H and O–H groups in total. The fourth-order valence-electron chi connectivity index (χ4n) is 3.39. The van der Waals surface area contributed by atoms with Crippen LogP contribution in [0.3, 0.4) is 0 Å². The molecule has 0 aromatic carbocycles. The molecule has 1 aromatic heterocycles. The van der Waals surface area contributed by atoms with Gasteiger partial charge in [-0.25, -0.2) is 0 Å². The van der Waals surface area contributed by atoms with E-state index in [1.807, 2.05) is 7.05 Å². The fraction of sp³-hybridized carbons (Fsp3) is 0.929. The van der Waals surface area contributed by atoms with Crippen molar-refractivity contribution in [2.45, 2.75) is 58.9 Å². The van der Waals surface area contributed by atoms with E-state index in [0.29, 0.717) is 17.4 Å². The maximum absolute atomic E-state index is 4.33. The number of aromatic nitrogens is 4. The molecular formula is C14H27N5. The van der Waals surface area contributed by atoms with Crippen molar-refractivity contribution in [3.63, 3.8) is 0 Å². The molecule has 0 radical (unpaired) electrons. The zero-order valence-electron chi connectivity index (χ0n) is 12.7. The molecule has 0 aliphatic heterocycles. The summed E-state index contributed by atoms with van der Waals surface area (Å²) >= 11 is 0. The first-order valence-electron chi connectivity index (χ1n) is 7.49. The van der Waals surface area contributed by atoms with E-state index in [2.05, 4.69) is 41.5 Å². The van der Waals surface area contributed by atoms with Gasteiger partial charge in [-0.3, -0.25) is 0 Å². The Morgan fingerprint density at radius 2 is 2.26 bits per heavy atom. The molecule has 2 atom stereocenters. The number of aryl methyl sites for hydroxylation is 1. The topological polar surface area (TPSA) is 55.6 Å². The molecule has 1 fully saturated rings. The normalized spacial score (nSPS) is 23.7. The van der Waals surface area contributed by atoms with Crippen LogP contribution in [0.5, 0.6) is 0 Å². The Labute approximate surface area is 116 Å². The van der Waals surface area contributed by atoms with E-state index < -0.39 is 0 Å². The third-order valence-electron chi connectivity index (χ3n) is 4.43. The summed E-state index contributed by atoms with van der Waals surface area (Å²) in [4.78, 5) is 1.55. The van der Waals surface area contributed by atoms with Gasteiger partial charge in [0.2, 0.25) is 0 Å². The van der Waals surface area contributed by atoms with Gasteiger partial charge in [-0.2, -0.15) is 4.80 Å². The average Bonchev–Trinajstić information content (AvgIpc) is 2.90. The minimum atomic E-state index is 0.424. The third kappa shape index (κ3) is 3.53. The van der Waals surface area contributed by atoms with Crippen LogP contribution >= 0.6 is 0 Å². The van der Waals surface area contributed by atoms with E-state index >= 15 is 0 Å². The van der Waals surface area contributed by atoms with Gasteiger partial charge in [-0.15, -0.1) is 10.2 Å². The first-order chi connectivity index (χ1) is 9.03. The van der Waals surface area contributed by atoms with Crippen LogP contribution in [-0.2, 0) is 13.5 Å². The highest BCUT2D eigenvalue weighted by Gasteiger charge is 2.39. The van der Waals surface area contributed by atoms with Gasteiger partial charge in [-0.1, -0.05) is 27.2 Å². The molecule has 5 heteroatoms. The van der Waals surface area contributed by atoms with E-state index in [0.717, 1.165) is 25.2 Å². The smallest absolute Gasteiger partial charge is 0.176 e. The third-order valence-corrected chi connectivity index (χ3v) is 4.43. The SMILES string of the molecule is CCCNC(Cc1nnn(C)n1)C1CCCC1(C)C. The summed E-state index contributed by atoms with van der Waals surface area (Å²) in [5, 5.41) is 16.1. The molecule has 1 aliphatic carbocycles. The van der Waals surface area contributed by atoms with E-state index in [1.54, 1.807) is 4.80 Å². The highest BCUT2D eigenvalue weighted by molar-refractivity contribution is 4.96. The molecule has 108 valence electrons. The van der Waals surface area contributed by atoms with Gasteiger partial charge in [0.05, 0.1) is 7.05 Å². The molecule has 2 rings (SSSR count). The lowest BCUT2D eigenvalue weighted by molar-refractivity contribution is 0.194. The predicted molar refractivity (Wildman–Crippen MR) is 75.7 cm³/mol. The molecule has 2 unspecified atom stereocenters. The summed E-state index contributed by atoms with van der Waals surface area (Å²) in [6.45, 7) is 8.08. The zero-order chi connectivity index (χ0) is 13.9. The lowest BCUT2D eigenvalue weighted by atomic mass is 9.76. The number of tetrazole rings is 1. The van der Waals surface area contributed by atoms with Crippen molar-refractivity contribution < 1.29 is 0 Å². The maximum atomic E-state index is 4.33. The monoisotopic (exact) mass is 265 g/mol. The van der Waals surface area contributed by atoms with Gasteiger partial charge in [0.15, 0.2) is 5.82 Å². The van der Waals surface area contributed by atoms with Crippen LogP contribution in [-0.4, -0.2) is 32.8 Å². The fourth-order valence-corrected chi connectivity index (χ4v) is 3.39. The van der Waals surface area contributed by atoms with Crippen LogP contribution in [0.1, 0.15) is 52.3 Å². The Bertz CT molecular complexity index is 398. The van der Waals surface area contributed by atoms with E-state index in [9.17, 15) is 0 Å². The molecule has 1 saturated carbocycles. The number of hydrogen-bond donors (Lipinski definition) is 1. The molecule has 1 aliphatic rings. The molecule has 19 heavy (non-hydrogen) atoms. The first kappa shape index (κ1) is 14.4. The lowest BCUT2D eigenvalue weighted by Gasteiger charge is -2.34. The van der Waals surface area contributed by atoms with Gasteiger partial charge >= 0.3 is 0 Å². The van der Waals surface area contributed by atoms with Crippen molar-refractivity contribution in [3.05, 3.63) is 5.82 Å². The minimum absolute atomic E-state index is 0.424. The Balaban J connectivity index is 2.07. The Morgan fingerprint density at radius 3 is 2.79 bits per heavy atom. The largest absolute Gasteiger partial charge is 0.313 e. The Morgan fingerprint density at radius 1 is 1.47 bits per heavy atom. The predicted octanol–water partition coefficient (Wildman–Crippen LogP) is 1.95. The van der Waals surface area contributed by atoms with Crippen molar-refractivity contribution >= 4 is 0 Å². The Kier molecular flexibility index (Phi) is 4.55. The minimum Gasteiger partial charge on any atom is -0.313 e. The van der Waals surface area contributed by atoms with Crippen molar-refractivity contribution in [2.24, 2.45) is 18.4 Å². The molecule has 1 heterocycles. The van der Waals surface area contributed by atoms with Crippen LogP contribution in [0.2, 0.25) is 0 Å². The summed E-state index contributed by atoms with van der Waals surface area (Å²) < 4.78 is 0. The standard InChI is InChI=1S/C14H27N5/c1-5-9-15-12(10-13-16-18-19(4)17-13)11-7-6-8-14(11,2)3/h11-12,15H,5-10H2,1-4H3. The van der Waals surface area contributed by atoms with E-state index in [4.69, 9.17) is 0 Å². The molecule has 0 amide bonds. The second-order valence-electron chi connectivity index (χ2n) is 6.45. The van der Waals surface area contributed by atoms with E-state index in [-0.39, 0.29) is 0 Å². The Hall–Kier alpha value is -0.970. The zero-order valence-corrected chi connectivity index (χ0v) is 12.7. The van der Waals surface area contributed by atoms with Crippen molar-refractivity contribution in [1.82, 2.24) is 25.5 Å². The number of rotatable bonds is 6. The number of nitrogens with zero attached hydrogens (tertiary/aromatic N) is 4. The molecule has 0 saturated heterocycles.